The van der Waals surface area contributed by atoms with Crippen LogP contribution in [0.3, 0.4) is 0 Å². The summed E-state index contributed by atoms with van der Waals surface area (Å²) in [5.41, 5.74) is 10.1. The van der Waals surface area contributed by atoms with Crippen LogP contribution >= 0.6 is 0 Å². The highest BCUT2D eigenvalue weighted by molar-refractivity contribution is 6.01. The number of rotatable bonds is 7. The van der Waals surface area contributed by atoms with E-state index in [1.165, 1.54) is 11.6 Å². The van der Waals surface area contributed by atoms with Crippen molar-refractivity contribution in [1.82, 2.24) is 14.4 Å². The molecule has 2 aromatic carbocycles. The number of ether oxygens (including phenoxy) is 2. The molecule has 1 saturated heterocycles. The van der Waals surface area contributed by atoms with Crippen LogP contribution in [-0.4, -0.2) is 73.2 Å². The Labute approximate surface area is 249 Å². The first-order valence-electron chi connectivity index (χ1n) is 15.0. The van der Waals surface area contributed by atoms with Crippen LogP contribution in [0.15, 0.2) is 46.9 Å². The van der Waals surface area contributed by atoms with E-state index >= 15 is 4.39 Å². The quantitative estimate of drug-likeness (QED) is 0.304. The molecule has 43 heavy (non-hydrogen) atoms. The Morgan fingerprint density at radius 1 is 1.21 bits per heavy atom. The van der Waals surface area contributed by atoms with Crippen LogP contribution in [0.25, 0.3) is 22.2 Å². The van der Waals surface area contributed by atoms with E-state index < -0.39 is 17.2 Å². The monoisotopic (exact) mass is 585 g/mol. The number of pyridine rings is 1. The molecule has 4 aliphatic rings. The molecule has 0 radical (unpaired) electrons. The summed E-state index contributed by atoms with van der Waals surface area (Å²) in [6, 6.07) is 4.94. The second-order valence-electron chi connectivity index (χ2n) is 12.1. The largest absolute Gasteiger partial charge is 0.488 e. The van der Waals surface area contributed by atoms with Gasteiger partial charge in [-0.05, 0) is 76.0 Å². The van der Waals surface area contributed by atoms with Gasteiger partial charge < -0.3 is 34.9 Å². The summed E-state index contributed by atoms with van der Waals surface area (Å²) in [5, 5.41) is 3.32. The number of carbonyl (C=O) groups is 1. The van der Waals surface area contributed by atoms with E-state index in [4.69, 9.17) is 15.2 Å². The second-order valence-corrected chi connectivity index (χ2v) is 12.1. The molecule has 4 heterocycles. The summed E-state index contributed by atoms with van der Waals surface area (Å²) < 4.78 is 30.2. The third-order valence-corrected chi connectivity index (χ3v) is 8.78. The molecule has 0 bridgehead atoms. The maximum atomic E-state index is 15.8. The van der Waals surface area contributed by atoms with Crippen molar-refractivity contribution in [2.24, 2.45) is 5.73 Å². The SMILES string of the molecule is CN(C)CCCCNc1c(F)cc2c(=O)c(C(=O)N3CC[C@H](N)C3)cn3c2c1Oc1cc2c(cc1-3)C1=C(C=CCC1)CO2. The van der Waals surface area contributed by atoms with Crippen LogP contribution in [0, 0.1) is 5.82 Å². The summed E-state index contributed by atoms with van der Waals surface area (Å²) in [5.74, 6) is 0.393. The third kappa shape index (κ3) is 4.78. The summed E-state index contributed by atoms with van der Waals surface area (Å²) in [6.45, 7) is 2.79. The van der Waals surface area contributed by atoms with E-state index in [-0.39, 0.29) is 28.4 Å². The van der Waals surface area contributed by atoms with Crippen molar-refractivity contribution in [1.29, 1.82) is 0 Å². The van der Waals surface area contributed by atoms with E-state index in [1.54, 1.807) is 11.1 Å². The van der Waals surface area contributed by atoms with Crippen molar-refractivity contribution in [2.75, 3.05) is 52.2 Å². The number of allylic oxidation sites excluding steroid dienone is 2. The molecule has 1 amide bonds. The lowest BCUT2D eigenvalue weighted by atomic mass is 9.89. The third-order valence-electron chi connectivity index (χ3n) is 8.78. The zero-order valence-corrected chi connectivity index (χ0v) is 24.5. The number of nitrogens with one attached hydrogen (secondary N) is 1. The number of nitrogens with two attached hydrogens (primary N) is 1. The smallest absolute Gasteiger partial charge is 0.259 e. The molecule has 224 valence electrons. The molecule has 1 aliphatic carbocycles. The highest BCUT2D eigenvalue weighted by atomic mass is 19.1. The van der Waals surface area contributed by atoms with Crippen LogP contribution in [0.5, 0.6) is 17.2 Å². The van der Waals surface area contributed by atoms with Crippen LogP contribution in [0.2, 0.25) is 0 Å². The maximum Gasteiger partial charge on any atom is 0.259 e. The van der Waals surface area contributed by atoms with Gasteiger partial charge in [0.15, 0.2) is 17.3 Å². The molecule has 3 aromatic rings. The fourth-order valence-corrected chi connectivity index (χ4v) is 6.54. The molecular formula is C33H36FN5O4. The van der Waals surface area contributed by atoms with Crippen LogP contribution in [-0.2, 0) is 0 Å². The number of carbonyl (C=O) groups excluding carboxylic acids is 1. The number of benzene rings is 2. The van der Waals surface area contributed by atoms with Crippen molar-refractivity contribution in [2.45, 2.75) is 38.1 Å². The first-order valence-corrected chi connectivity index (χ1v) is 15.0. The van der Waals surface area contributed by atoms with Crippen molar-refractivity contribution >= 4 is 28.1 Å². The Kier molecular flexibility index (Phi) is 6.98. The van der Waals surface area contributed by atoms with Gasteiger partial charge >= 0.3 is 0 Å². The van der Waals surface area contributed by atoms with E-state index in [0.717, 1.165) is 43.4 Å². The van der Waals surface area contributed by atoms with Gasteiger partial charge in [0.1, 0.15) is 29.1 Å². The fourth-order valence-electron chi connectivity index (χ4n) is 6.54. The van der Waals surface area contributed by atoms with Gasteiger partial charge in [-0.3, -0.25) is 9.59 Å². The number of likely N-dealkylation sites (tertiary alicyclic amines) is 1. The highest BCUT2D eigenvalue weighted by Gasteiger charge is 2.33. The van der Waals surface area contributed by atoms with Crippen LogP contribution in [0.4, 0.5) is 10.1 Å². The minimum atomic E-state index is -0.604. The lowest BCUT2D eigenvalue weighted by Gasteiger charge is -2.30. The van der Waals surface area contributed by atoms with Crippen molar-refractivity contribution in [3.63, 3.8) is 0 Å². The molecule has 9 nitrogen and oxygen atoms in total. The van der Waals surface area contributed by atoms with Crippen LogP contribution < -0.4 is 26.0 Å². The number of amides is 1. The molecule has 0 unspecified atom stereocenters. The number of hydrogen-bond donors (Lipinski definition) is 2. The Bertz CT molecular complexity index is 1780. The second kappa shape index (κ2) is 10.8. The molecule has 1 aromatic heterocycles. The Morgan fingerprint density at radius 3 is 2.86 bits per heavy atom. The number of fused-ring (bicyclic) bond motifs is 4. The predicted octanol–water partition coefficient (Wildman–Crippen LogP) is 4.66. The number of hydrogen-bond acceptors (Lipinski definition) is 7. The molecule has 0 saturated carbocycles. The molecule has 10 heteroatoms. The highest BCUT2D eigenvalue weighted by Crippen LogP contribution is 2.49. The van der Waals surface area contributed by atoms with Gasteiger partial charge in [0.25, 0.3) is 5.91 Å². The van der Waals surface area contributed by atoms with Gasteiger partial charge in [-0.2, -0.15) is 0 Å². The van der Waals surface area contributed by atoms with E-state index in [9.17, 15) is 9.59 Å². The van der Waals surface area contributed by atoms with Gasteiger partial charge in [0, 0.05) is 43.5 Å². The van der Waals surface area contributed by atoms with Gasteiger partial charge in [0.2, 0.25) is 5.43 Å². The topological polar surface area (TPSA) is 102 Å². The van der Waals surface area contributed by atoms with Gasteiger partial charge in [-0.15, -0.1) is 0 Å². The van der Waals surface area contributed by atoms with Crippen LogP contribution in [0.1, 0.15) is 48.0 Å². The van der Waals surface area contributed by atoms with E-state index in [2.05, 4.69) is 22.4 Å². The average molecular weight is 586 g/mol. The van der Waals surface area contributed by atoms with Gasteiger partial charge in [-0.25, -0.2) is 4.39 Å². The average Bonchev–Trinajstić information content (AvgIpc) is 3.44. The minimum absolute atomic E-state index is 0.0151. The Hall–Kier alpha value is -4.15. The molecule has 1 fully saturated rings. The summed E-state index contributed by atoms with van der Waals surface area (Å²) in [6.07, 6.45) is 10.1. The molecule has 7 rings (SSSR count). The predicted molar refractivity (Wildman–Crippen MR) is 165 cm³/mol. The van der Waals surface area contributed by atoms with Crippen molar-refractivity contribution < 1.29 is 18.7 Å². The molecule has 3 N–H and O–H groups in total. The molecule has 0 spiro atoms. The number of nitrogens with zero attached hydrogens (tertiary/aromatic N) is 3. The molecular weight excluding hydrogens is 549 g/mol. The lowest BCUT2D eigenvalue weighted by Crippen LogP contribution is -2.35. The lowest BCUT2D eigenvalue weighted by molar-refractivity contribution is 0.0789. The summed E-state index contributed by atoms with van der Waals surface area (Å²) in [4.78, 5) is 31.2. The first-order chi connectivity index (χ1) is 20.8. The maximum absolute atomic E-state index is 15.8. The van der Waals surface area contributed by atoms with E-state index in [0.29, 0.717) is 55.4 Å². The number of anilines is 1. The molecule has 1 atom stereocenters. The van der Waals surface area contributed by atoms with Gasteiger partial charge in [0.05, 0.1) is 11.1 Å². The summed E-state index contributed by atoms with van der Waals surface area (Å²) >= 11 is 0. The first kappa shape index (κ1) is 27.7. The number of unbranched alkanes of at least 4 members (excludes halogenated alkanes) is 1. The van der Waals surface area contributed by atoms with Crippen molar-refractivity contribution in [3.05, 3.63) is 69.3 Å². The van der Waals surface area contributed by atoms with E-state index in [1.807, 2.05) is 30.8 Å². The minimum Gasteiger partial charge on any atom is -0.488 e. The zero-order chi connectivity index (χ0) is 29.8. The number of halogens is 1. The fraction of sp³-hybridized carbons (Fsp3) is 0.394. The standard InChI is InChI=1S/C33H36FN5O4/c1-37(2)11-6-5-10-36-29-25(34)13-23-30-32(29)43-28-15-27-22(21-8-4-3-7-19(21)18-42-27)14-26(28)39(30)17-24(31(23)40)33(41)38-12-9-20(35)16-38/h3,7,13-15,17,20,36H,4-6,8-12,16,18,35H2,1-2H3/t20-/m0/s1. The van der Waals surface area contributed by atoms with Crippen molar-refractivity contribution in [3.8, 4) is 22.9 Å². The molecule has 3 aliphatic heterocycles. The Balaban J connectivity index is 1.39. The summed E-state index contributed by atoms with van der Waals surface area (Å²) in [7, 11) is 4.04. The number of aromatic nitrogens is 1. The van der Waals surface area contributed by atoms with Gasteiger partial charge in [-0.1, -0.05) is 12.2 Å². The zero-order valence-electron chi connectivity index (χ0n) is 24.5. The normalized spacial score (nSPS) is 18.3. The Morgan fingerprint density at radius 2 is 2.07 bits per heavy atom.